The van der Waals surface area contributed by atoms with E-state index in [1.807, 2.05) is 6.92 Å². The molecule has 2 aromatic rings. The average Bonchev–Trinajstić information content (AvgIpc) is 2.61. The second-order valence-corrected chi connectivity index (χ2v) is 7.36. The number of aromatic nitrogens is 1. The molecule has 0 amide bonds. The molecule has 2 heterocycles. The number of carbonyl (C=O) groups excluding carboxylic acids is 1. The second kappa shape index (κ2) is 8.89. The van der Waals surface area contributed by atoms with Crippen LogP contribution in [0.1, 0.15) is 41.3 Å². The Balaban J connectivity index is 0.00000261. The molecular formula is C21H29ClN3O2-. The van der Waals surface area contributed by atoms with Gasteiger partial charge in [-0.1, -0.05) is 11.6 Å². The summed E-state index contributed by atoms with van der Waals surface area (Å²) >= 11 is 0. The maximum absolute atomic E-state index is 12.6. The van der Waals surface area contributed by atoms with Gasteiger partial charge in [-0.15, -0.1) is 0 Å². The number of likely N-dealkylation sites (tertiary alicyclic amines) is 1. The molecular weight excluding hydrogens is 362 g/mol. The fourth-order valence-corrected chi connectivity index (χ4v) is 3.95. The van der Waals surface area contributed by atoms with Crippen LogP contribution in [0.2, 0.25) is 0 Å². The van der Waals surface area contributed by atoms with E-state index >= 15 is 0 Å². The number of ether oxygens (including phenoxy) is 1. The highest BCUT2D eigenvalue weighted by Crippen LogP contribution is 2.34. The first-order valence-electron chi connectivity index (χ1n) is 9.40. The number of carbonyl (C=O) groups is 1. The van der Waals surface area contributed by atoms with Crippen molar-refractivity contribution in [2.45, 2.75) is 39.7 Å². The van der Waals surface area contributed by atoms with E-state index in [0.29, 0.717) is 18.2 Å². The van der Waals surface area contributed by atoms with Crippen LogP contribution < -0.4 is 17.3 Å². The van der Waals surface area contributed by atoms with Gasteiger partial charge in [0, 0.05) is 24.7 Å². The summed E-state index contributed by atoms with van der Waals surface area (Å²) in [7, 11) is 4.26. The van der Waals surface area contributed by atoms with Crippen molar-refractivity contribution in [2.75, 3.05) is 38.7 Å². The second-order valence-electron chi connectivity index (χ2n) is 7.36. The molecule has 0 spiro atoms. The van der Waals surface area contributed by atoms with Gasteiger partial charge in [0.1, 0.15) is 5.56 Å². The van der Waals surface area contributed by atoms with Crippen LogP contribution in [-0.4, -0.2) is 55.7 Å². The molecule has 1 fully saturated rings. The SMILES string of the molecule is CCOC(=O)c1cnc2c(C)cc(C)cc2c1N(C)C1CCN(C)CC1.[Cl-]. The number of aryl methyl sites for hydroxylation is 2. The number of rotatable bonds is 4. The summed E-state index contributed by atoms with van der Waals surface area (Å²) in [5.41, 5.74) is 4.78. The van der Waals surface area contributed by atoms with Gasteiger partial charge in [-0.25, -0.2) is 4.79 Å². The molecule has 6 heteroatoms. The molecule has 0 bridgehead atoms. The van der Waals surface area contributed by atoms with E-state index < -0.39 is 0 Å². The van der Waals surface area contributed by atoms with Crippen LogP contribution in [0, 0.1) is 13.8 Å². The Hall–Kier alpha value is -1.85. The summed E-state index contributed by atoms with van der Waals surface area (Å²) < 4.78 is 5.32. The Labute approximate surface area is 168 Å². The van der Waals surface area contributed by atoms with Crippen molar-refractivity contribution in [2.24, 2.45) is 0 Å². The average molecular weight is 391 g/mol. The van der Waals surface area contributed by atoms with Crippen molar-refractivity contribution in [3.05, 3.63) is 35.0 Å². The monoisotopic (exact) mass is 390 g/mol. The van der Waals surface area contributed by atoms with Crippen molar-refractivity contribution >= 4 is 22.6 Å². The van der Waals surface area contributed by atoms with Crippen LogP contribution in [0.5, 0.6) is 0 Å². The Morgan fingerprint density at radius 2 is 1.96 bits per heavy atom. The first-order chi connectivity index (χ1) is 12.4. The highest BCUT2D eigenvalue weighted by atomic mass is 35.5. The first-order valence-corrected chi connectivity index (χ1v) is 9.40. The third-order valence-electron chi connectivity index (χ3n) is 5.36. The minimum absolute atomic E-state index is 0. The summed E-state index contributed by atoms with van der Waals surface area (Å²) in [6.45, 7) is 8.51. The number of fused-ring (bicyclic) bond motifs is 1. The predicted molar refractivity (Wildman–Crippen MR) is 106 cm³/mol. The van der Waals surface area contributed by atoms with Gasteiger partial charge >= 0.3 is 5.97 Å². The number of halogens is 1. The van der Waals surface area contributed by atoms with E-state index in [1.165, 1.54) is 5.56 Å². The summed E-state index contributed by atoms with van der Waals surface area (Å²) in [5.74, 6) is -0.296. The Kier molecular flexibility index (Phi) is 7.06. The standard InChI is InChI=1S/C21H29N3O2.ClH/c1-6-26-21(25)18-13-22-19-15(3)11-14(2)12-17(19)20(18)24(5)16-7-9-23(4)10-8-16;/h11-13,16H,6-10H2,1-5H3;1H/p-1. The number of anilines is 1. The fraction of sp³-hybridized carbons (Fsp3) is 0.524. The third kappa shape index (κ3) is 4.36. The van der Waals surface area contributed by atoms with Crippen LogP contribution in [0.15, 0.2) is 18.3 Å². The number of esters is 1. The summed E-state index contributed by atoms with van der Waals surface area (Å²) in [5, 5.41) is 1.04. The van der Waals surface area contributed by atoms with E-state index in [0.717, 1.165) is 48.1 Å². The van der Waals surface area contributed by atoms with Crippen molar-refractivity contribution < 1.29 is 21.9 Å². The van der Waals surface area contributed by atoms with E-state index in [-0.39, 0.29) is 18.4 Å². The number of hydrogen-bond acceptors (Lipinski definition) is 5. The molecule has 3 rings (SSSR count). The van der Waals surface area contributed by atoms with E-state index in [1.54, 1.807) is 6.20 Å². The minimum atomic E-state index is -0.296. The molecule has 0 radical (unpaired) electrons. The number of piperidine rings is 1. The molecule has 1 aliphatic rings. The number of nitrogens with zero attached hydrogens (tertiary/aromatic N) is 3. The molecule has 1 aliphatic heterocycles. The van der Waals surface area contributed by atoms with Crippen LogP contribution in [-0.2, 0) is 4.74 Å². The molecule has 148 valence electrons. The van der Waals surface area contributed by atoms with Gasteiger partial charge < -0.3 is 26.9 Å². The quantitative estimate of drug-likeness (QED) is 0.714. The van der Waals surface area contributed by atoms with Crippen LogP contribution >= 0.6 is 0 Å². The van der Waals surface area contributed by atoms with Gasteiger partial charge in [0.2, 0.25) is 0 Å². The Bertz CT molecular complexity index is 817. The van der Waals surface area contributed by atoms with Crippen LogP contribution in [0.4, 0.5) is 5.69 Å². The molecule has 1 saturated heterocycles. The van der Waals surface area contributed by atoms with Gasteiger partial charge in [-0.05, 0) is 65.4 Å². The molecule has 1 aromatic carbocycles. The third-order valence-corrected chi connectivity index (χ3v) is 5.36. The Morgan fingerprint density at radius 3 is 2.59 bits per heavy atom. The lowest BCUT2D eigenvalue weighted by Crippen LogP contribution is -3.00. The molecule has 0 unspecified atom stereocenters. The topological polar surface area (TPSA) is 45.7 Å². The molecule has 1 aromatic heterocycles. The van der Waals surface area contributed by atoms with E-state index in [9.17, 15) is 4.79 Å². The van der Waals surface area contributed by atoms with Gasteiger partial charge in [-0.3, -0.25) is 4.98 Å². The normalized spacial score (nSPS) is 15.4. The maximum Gasteiger partial charge on any atom is 0.341 e. The van der Waals surface area contributed by atoms with Gasteiger partial charge in [0.05, 0.1) is 17.8 Å². The lowest BCUT2D eigenvalue weighted by atomic mass is 9.98. The fourth-order valence-electron chi connectivity index (χ4n) is 3.95. The molecule has 0 aliphatic carbocycles. The van der Waals surface area contributed by atoms with Gasteiger partial charge in [0.15, 0.2) is 0 Å². The largest absolute Gasteiger partial charge is 1.00 e. The zero-order valence-corrected chi connectivity index (χ0v) is 17.6. The van der Waals surface area contributed by atoms with Crippen molar-refractivity contribution in [3.63, 3.8) is 0 Å². The van der Waals surface area contributed by atoms with Gasteiger partial charge in [0.25, 0.3) is 0 Å². The van der Waals surface area contributed by atoms with Crippen LogP contribution in [0.3, 0.4) is 0 Å². The molecule has 0 atom stereocenters. The Morgan fingerprint density at radius 1 is 1.30 bits per heavy atom. The first kappa shape index (κ1) is 21.5. The van der Waals surface area contributed by atoms with E-state index in [2.05, 4.69) is 54.9 Å². The zero-order chi connectivity index (χ0) is 18.8. The van der Waals surface area contributed by atoms with Crippen molar-refractivity contribution in [1.82, 2.24) is 9.88 Å². The van der Waals surface area contributed by atoms with Crippen molar-refractivity contribution in [3.8, 4) is 0 Å². The molecule has 5 nitrogen and oxygen atoms in total. The highest BCUT2D eigenvalue weighted by molar-refractivity contribution is 6.06. The predicted octanol–water partition coefficient (Wildman–Crippen LogP) is 0.563. The smallest absolute Gasteiger partial charge is 0.341 e. The van der Waals surface area contributed by atoms with Crippen molar-refractivity contribution in [1.29, 1.82) is 0 Å². The van der Waals surface area contributed by atoms with Gasteiger partial charge in [-0.2, -0.15) is 0 Å². The molecule has 27 heavy (non-hydrogen) atoms. The summed E-state index contributed by atoms with van der Waals surface area (Å²) in [6.07, 6.45) is 3.86. The lowest BCUT2D eigenvalue weighted by molar-refractivity contribution is -0.0000237. The summed E-state index contributed by atoms with van der Waals surface area (Å²) in [6, 6.07) is 4.68. The van der Waals surface area contributed by atoms with Crippen LogP contribution in [0.25, 0.3) is 10.9 Å². The van der Waals surface area contributed by atoms with E-state index in [4.69, 9.17) is 4.74 Å². The number of hydrogen-bond donors (Lipinski definition) is 0. The lowest BCUT2D eigenvalue weighted by Gasteiger charge is -2.37. The summed E-state index contributed by atoms with van der Waals surface area (Å²) in [4.78, 5) is 21.8. The molecule has 0 N–H and O–H groups in total. The minimum Gasteiger partial charge on any atom is -1.00 e. The molecule has 0 saturated carbocycles. The maximum atomic E-state index is 12.6. The number of pyridine rings is 1. The highest BCUT2D eigenvalue weighted by Gasteiger charge is 2.27. The number of benzene rings is 1. The zero-order valence-electron chi connectivity index (χ0n) is 16.9.